The maximum absolute atomic E-state index is 12.9. The molecule has 3 aromatic rings. The smallest absolute Gasteiger partial charge is 0.337 e. The standard InChI is InChI=1S/C17H17N3O5S.ClH/c18-8-1-2-9(5-8)26(24,25)10-3-4-13-11(6-10)14-12(17(22)23)7-19-15(14)16(21)20-13;/h3-4,6-9,19H,1-2,5,18H2,(H,20,21)(H,22,23);1H/t8?,9-;/m1./s1. The first-order valence-electron chi connectivity index (χ1n) is 8.19. The quantitative estimate of drug-likeness (QED) is 0.516. The summed E-state index contributed by atoms with van der Waals surface area (Å²) in [6, 6.07) is 4.25. The summed E-state index contributed by atoms with van der Waals surface area (Å²) < 4.78 is 25.9. The fourth-order valence-corrected chi connectivity index (χ4v) is 5.57. The van der Waals surface area contributed by atoms with Crippen molar-refractivity contribution in [2.45, 2.75) is 35.4 Å². The van der Waals surface area contributed by atoms with Crippen LogP contribution in [-0.4, -0.2) is 40.8 Å². The number of H-pyrrole nitrogens is 2. The first-order valence-corrected chi connectivity index (χ1v) is 9.73. The molecule has 27 heavy (non-hydrogen) atoms. The zero-order valence-corrected chi connectivity index (χ0v) is 15.7. The maximum Gasteiger partial charge on any atom is 0.337 e. The third-order valence-corrected chi connectivity index (χ3v) is 7.26. The van der Waals surface area contributed by atoms with Gasteiger partial charge in [-0.05, 0) is 37.5 Å². The van der Waals surface area contributed by atoms with Gasteiger partial charge >= 0.3 is 5.97 Å². The van der Waals surface area contributed by atoms with Crippen LogP contribution in [0, 0.1) is 0 Å². The van der Waals surface area contributed by atoms with Gasteiger partial charge in [-0.25, -0.2) is 13.2 Å². The molecule has 1 unspecified atom stereocenters. The molecule has 4 rings (SSSR count). The van der Waals surface area contributed by atoms with E-state index >= 15 is 0 Å². The molecule has 1 aromatic carbocycles. The van der Waals surface area contributed by atoms with Gasteiger partial charge in [0.15, 0.2) is 9.84 Å². The van der Waals surface area contributed by atoms with E-state index in [4.69, 9.17) is 5.73 Å². The fraction of sp³-hybridized carbons (Fsp3) is 0.294. The number of halogens is 1. The number of carboxylic acid groups (broad SMARTS) is 1. The number of hydrogen-bond acceptors (Lipinski definition) is 5. The third-order valence-electron chi connectivity index (χ3n) is 5.04. The number of fused-ring (bicyclic) bond motifs is 3. The number of rotatable bonds is 3. The second-order valence-corrected chi connectivity index (χ2v) is 8.89. The zero-order valence-electron chi connectivity index (χ0n) is 14.1. The second-order valence-electron chi connectivity index (χ2n) is 6.66. The number of hydrogen-bond donors (Lipinski definition) is 4. The first kappa shape index (κ1) is 19.4. The summed E-state index contributed by atoms with van der Waals surface area (Å²) in [5.74, 6) is -1.20. The van der Waals surface area contributed by atoms with Crippen molar-refractivity contribution in [2.24, 2.45) is 5.73 Å². The normalized spacial score (nSPS) is 20.0. The van der Waals surface area contributed by atoms with Crippen LogP contribution in [0.15, 0.2) is 34.1 Å². The highest BCUT2D eigenvalue weighted by atomic mass is 35.5. The lowest BCUT2D eigenvalue weighted by atomic mass is 10.1. The largest absolute Gasteiger partial charge is 0.478 e. The number of aromatic nitrogens is 2. The molecule has 5 N–H and O–H groups in total. The van der Waals surface area contributed by atoms with Crippen LogP contribution in [-0.2, 0) is 9.84 Å². The minimum Gasteiger partial charge on any atom is -0.478 e. The average Bonchev–Trinajstić information content (AvgIpc) is 3.21. The molecule has 0 saturated heterocycles. The van der Waals surface area contributed by atoms with Crippen LogP contribution in [0.1, 0.15) is 29.6 Å². The average molecular weight is 412 g/mol. The number of aromatic amines is 2. The summed E-state index contributed by atoms with van der Waals surface area (Å²) in [5, 5.41) is 9.43. The van der Waals surface area contributed by atoms with Gasteiger partial charge in [-0.3, -0.25) is 4.79 Å². The van der Waals surface area contributed by atoms with Crippen LogP contribution in [0.5, 0.6) is 0 Å². The van der Waals surface area contributed by atoms with E-state index in [0.29, 0.717) is 30.2 Å². The van der Waals surface area contributed by atoms with Gasteiger partial charge in [0, 0.05) is 28.5 Å². The molecule has 0 aliphatic heterocycles. The van der Waals surface area contributed by atoms with Gasteiger partial charge in [-0.15, -0.1) is 12.4 Å². The van der Waals surface area contributed by atoms with Crippen molar-refractivity contribution in [3.05, 3.63) is 40.3 Å². The van der Waals surface area contributed by atoms with Crippen molar-refractivity contribution >= 4 is 50.0 Å². The van der Waals surface area contributed by atoms with E-state index in [-0.39, 0.29) is 39.8 Å². The van der Waals surface area contributed by atoms with Gasteiger partial charge in [-0.1, -0.05) is 0 Å². The number of benzene rings is 1. The first-order chi connectivity index (χ1) is 12.3. The van der Waals surface area contributed by atoms with E-state index in [9.17, 15) is 23.1 Å². The summed E-state index contributed by atoms with van der Waals surface area (Å²) in [7, 11) is -3.59. The van der Waals surface area contributed by atoms with Crippen molar-refractivity contribution in [1.82, 2.24) is 9.97 Å². The molecule has 0 bridgehead atoms. The van der Waals surface area contributed by atoms with Crippen LogP contribution < -0.4 is 11.3 Å². The number of carboxylic acids is 1. The molecule has 1 aliphatic carbocycles. The van der Waals surface area contributed by atoms with Crippen molar-refractivity contribution < 1.29 is 18.3 Å². The number of aromatic carboxylic acids is 1. The molecule has 144 valence electrons. The Morgan fingerprint density at radius 3 is 2.63 bits per heavy atom. The number of pyridine rings is 1. The Morgan fingerprint density at radius 2 is 2.00 bits per heavy atom. The van der Waals surface area contributed by atoms with Gasteiger partial charge in [0.2, 0.25) is 0 Å². The molecule has 2 heterocycles. The summed E-state index contributed by atoms with van der Waals surface area (Å²) in [6.07, 6.45) is 2.81. The molecule has 0 radical (unpaired) electrons. The van der Waals surface area contributed by atoms with Crippen molar-refractivity contribution in [1.29, 1.82) is 0 Å². The molecule has 10 heteroatoms. The van der Waals surface area contributed by atoms with Crippen molar-refractivity contribution in [2.75, 3.05) is 0 Å². The Balaban J connectivity index is 0.00000210. The number of nitrogens with two attached hydrogens (primary N) is 1. The Kier molecular flexibility index (Phi) is 4.79. The molecule has 2 aromatic heterocycles. The molecule has 0 spiro atoms. The topological polar surface area (TPSA) is 146 Å². The second kappa shape index (κ2) is 6.66. The van der Waals surface area contributed by atoms with Gasteiger partial charge in [0.1, 0.15) is 5.52 Å². The maximum atomic E-state index is 12.9. The molecule has 1 saturated carbocycles. The van der Waals surface area contributed by atoms with E-state index in [0.717, 1.165) is 0 Å². The Bertz CT molecular complexity index is 1210. The van der Waals surface area contributed by atoms with E-state index in [2.05, 4.69) is 9.97 Å². The molecule has 1 aliphatic rings. The van der Waals surface area contributed by atoms with E-state index < -0.39 is 26.6 Å². The highest BCUT2D eigenvalue weighted by Gasteiger charge is 2.34. The predicted molar refractivity (Wildman–Crippen MR) is 103 cm³/mol. The minimum atomic E-state index is -3.59. The van der Waals surface area contributed by atoms with Crippen molar-refractivity contribution in [3.8, 4) is 0 Å². The van der Waals surface area contributed by atoms with Crippen LogP contribution >= 0.6 is 12.4 Å². The third kappa shape index (κ3) is 3.01. The summed E-state index contributed by atoms with van der Waals surface area (Å²) in [5.41, 5.74) is 5.80. The number of sulfone groups is 1. The lowest BCUT2D eigenvalue weighted by Crippen LogP contribution is -2.22. The van der Waals surface area contributed by atoms with Gasteiger partial charge in [0.05, 0.1) is 15.7 Å². The van der Waals surface area contributed by atoms with E-state index in [1.165, 1.54) is 24.4 Å². The highest BCUT2D eigenvalue weighted by molar-refractivity contribution is 7.92. The Morgan fingerprint density at radius 1 is 1.26 bits per heavy atom. The summed E-state index contributed by atoms with van der Waals surface area (Å²) >= 11 is 0. The van der Waals surface area contributed by atoms with E-state index in [1.807, 2.05) is 0 Å². The minimum absolute atomic E-state index is 0. The van der Waals surface area contributed by atoms with Gasteiger partial charge in [0.25, 0.3) is 5.56 Å². The highest BCUT2D eigenvalue weighted by Crippen LogP contribution is 2.32. The van der Waals surface area contributed by atoms with E-state index in [1.54, 1.807) is 0 Å². The fourth-order valence-electron chi connectivity index (χ4n) is 3.70. The lowest BCUT2D eigenvalue weighted by Gasteiger charge is -2.12. The van der Waals surface area contributed by atoms with Gasteiger partial charge in [-0.2, -0.15) is 0 Å². The van der Waals surface area contributed by atoms with Gasteiger partial charge < -0.3 is 20.8 Å². The lowest BCUT2D eigenvalue weighted by molar-refractivity contribution is 0.0699. The predicted octanol–water partition coefficient (Wildman–Crippen LogP) is 1.78. The summed E-state index contributed by atoms with van der Waals surface area (Å²) in [4.78, 5) is 29.0. The molecular weight excluding hydrogens is 394 g/mol. The zero-order chi connectivity index (χ0) is 18.6. The molecule has 1 fully saturated rings. The molecule has 2 atom stereocenters. The number of nitrogens with one attached hydrogen (secondary N) is 2. The molecule has 8 nitrogen and oxygen atoms in total. The van der Waals surface area contributed by atoms with Crippen LogP contribution in [0.25, 0.3) is 21.8 Å². The Hall–Kier alpha value is -2.36. The molecule has 0 amide bonds. The SMILES string of the molecule is Cl.NC1CC[C@@H](S(=O)(=O)c2ccc3[nH]c(=O)c4[nH]cc(C(=O)O)c4c3c2)C1. The Labute approximate surface area is 160 Å². The van der Waals surface area contributed by atoms with Crippen LogP contribution in [0.4, 0.5) is 0 Å². The van der Waals surface area contributed by atoms with Crippen LogP contribution in [0.3, 0.4) is 0 Å². The monoisotopic (exact) mass is 411 g/mol. The molecular formula is C17H18ClN3O5S. The van der Waals surface area contributed by atoms with Crippen LogP contribution in [0.2, 0.25) is 0 Å². The van der Waals surface area contributed by atoms with Crippen molar-refractivity contribution in [3.63, 3.8) is 0 Å². The number of carbonyl (C=O) groups is 1. The summed E-state index contributed by atoms with van der Waals surface area (Å²) in [6.45, 7) is 0.